The average Bonchev–Trinajstić information content (AvgIpc) is 2.91. The number of pyridine rings is 1. The Kier molecular flexibility index (Phi) is 3.73. The van der Waals surface area contributed by atoms with Crippen molar-refractivity contribution >= 4 is 17.4 Å². The van der Waals surface area contributed by atoms with E-state index in [0.29, 0.717) is 5.82 Å². The number of aryl methyl sites for hydroxylation is 2. The molecule has 4 nitrogen and oxygen atoms in total. The summed E-state index contributed by atoms with van der Waals surface area (Å²) in [7, 11) is 0. The molecule has 3 aromatic rings. The van der Waals surface area contributed by atoms with Crippen LogP contribution < -0.4 is 10.2 Å². The number of carbonyl (C=O) groups is 1. The van der Waals surface area contributed by atoms with Crippen molar-refractivity contribution in [2.45, 2.75) is 20.0 Å². The Morgan fingerprint density at radius 1 is 1.00 bits per heavy atom. The number of aromatic nitrogens is 1. The minimum absolute atomic E-state index is 0.0310. The lowest BCUT2D eigenvalue weighted by Crippen LogP contribution is -2.33. The molecule has 124 valence electrons. The fourth-order valence-corrected chi connectivity index (χ4v) is 3.31. The number of anilines is 2. The van der Waals surface area contributed by atoms with Crippen molar-refractivity contribution in [3.8, 4) is 0 Å². The summed E-state index contributed by atoms with van der Waals surface area (Å²) < 4.78 is 0. The first-order chi connectivity index (χ1) is 12.1. The molecule has 0 saturated heterocycles. The number of fused-ring (bicyclic) bond motifs is 1. The number of hydrogen-bond donors (Lipinski definition) is 1. The number of nitrogens with one attached hydrogen (secondary N) is 1. The quantitative estimate of drug-likeness (QED) is 0.771. The third-order valence-corrected chi connectivity index (χ3v) is 4.53. The number of hydrogen-bond acceptors (Lipinski definition) is 3. The summed E-state index contributed by atoms with van der Waals surface area (Å²) in [6.07, 6.45) is 1.43. The van der Waals surface area contributed by atoms with Gasteiger partial charge in [-0.1, -0.05) is 42.0 Å². The molecule has 1 aliphatic heterocycles. The van der Waals surface area contributed by atoms with Crippen molar-refractivity contribution in [3.63, 3.8) is 0 Å². The van der Waals surface area contributed by atoms with Gasteiger partial charge in [-0.05, 0) is 43.7 Å². The molecule has 1 N–H and O–H groups in total. The first-order valence-corrected chi connectivity index (χ1v) is 8.32. The van der Waals surface area contributed by atoms with Crippen LogP contribution in [0.2, 0.25) is 0 Å². The maximum Gasteiger partial charge on any atom is 0.261 e. The monoisotopic (exact) mass is 329 g/mol. The first kappa shape index (κ1) is 15.4. The molecule has 25 heavy (non-hydrogen) atoms. The molecular weight excluding hydrogens is 310 g/mol. The second-order valence-electron chi connectivity index (χ2n) is 6.32. The van der Waals surface area contributed by atoms with Gasteiger partial charge >= 0.3 is 0 Å². The molecule has 4 heteroatoms. The van der Waals surface area contributed by atoms with Gasteiger partial charge in [0.15, 0.2) is 0 Å². The Morgan fingerprint density at radius 3 is 2.56 bits per heavy atom. The summed E-state index contributed by atoms with van der Waals surface area (Å²) in [6, 6.07) is 19.6. The first-order valence-electron chi connectivity index (χ1n) is 8.32. The largest absolute Gasteiger partial charge is 0.361 e. The van der Waals surface area contributed by atoms with Gasteiger partial charge in [-0.3, -0.25) is 9.69 Å². The van der Waals surface area contributed by atoms with Crippen molar-refractivity contribution < 1.29 is 4.79 Å². The highest BCUT2D eigenvalue weighted by Crippen LogP contribution is 2.37. The van der Waals surface area contributed by atoms with E-state index in [1.807, 2.05) is 42.5 Å². The Hall–Kier alpha value is -3.14. The molecule has 1 unspecified atom stereocenters. The minimum Gasteiger partial charge on any atom is -0.361 e. The predicted octanol–water partition coefficient (Wildman–Crippen LogP) is 4.47. The van der Waals surface area contributed by atoms with Crippen LogP contribution in [0, 0.1) is 13.8 Å². The number of rotatable bonds is 3. The zero-order valence-corrected chi connectivity index (χ0v) is 14.2. The van der Waals surface area contributed by atoms with Gasteiger partial charge in [0.25, 0.3) is 5.91 Å². The van der Waals surface area contributed by atoms with E-state index < -0.39 is 0 Å². The van der Waals surface area contributed by atoms with E-state index in [1.165, 1.54) is 5.56 Å². The van der Waals surface area contributed by atoms with E-state index >= 15 is 0 Å². The van der Waals surface area contributed by atoms with E-state index in [0.717, 1.165) is 22.4 Å². The molecule has 1 amide bonds. The topological polar surface area (TPSA) is 45.2 Å². The molecule has 1 aliphatic rings. The van der Waals surface area contributed by atoms with Crippen molar-refractivity contribution in [2.24, 2.45) is 0 Å². The van der Waals surface area contributed by atoms with Crippen LogP contribution in [0.15, 0.2) is 66.9 Å². The summed E-state index contributed by atoms with van der Waals surface area (Å²) in [6.45, 7) is 4.15. The summed E-state index contributed by atoms with van der Waals surface area (Å²) in [4.78, 5) is 19.1. The normalized spacial score (nSPS) is 16.0. The molecule has 1 aromatic heterocycles. The summed E-state index contributed by atoms with van der Waals surface area (Å²) in [5.41, 5.74) is 5.07. The van der Waals surface area contributed by atoms with Crippen LogP contribution >= 0.6 is 0 Å². The lowest BCUT2D eigenvalue weighted by atomic mass is 10.1. The highest BCUT2D eigenvalue weighted by molar-refractivity contribution is 6.11. The molecule has 0 aliphatic carbocycles. The fraction of sp³-hybridized carbons (Fsp3) is 0.143. The predicted molar refractivity (Wildman–Crippen MR) is 99.8 cm³/mol. The third-order valence-electron chi connectivity index (χ3n) is 4.53. The van der Waals surface area contributed by atoms with Crippen molar-refractivity contribution in [1.29, 1.82) is 0 Å². The smallest absolute Gasteiger partial charge is 0.261 e. The fourth-order valence-electron chi connectivity index (χ4n) is 3.31. The average molecular weight is 329 g/mol. The second kappa shape index (κ2) is 6.06. The Labute approximate surface area is 147 Å². The molecule has 0 spiro atoms. The lowest BCUT2D eigenvalue weighted by Gasteiger charge is -2.27. The van der Waals surface area contributed by atoms with Gasteiger partial charge in [0, 0.05) is 23.0 Å². The highest BCUT2D eigenvalue weighted by Gasteiger charge is 2.38. The van der Waals surface area contributed by atoms with Crippen LogP contribution in [0.5, 0.6) is 0 Å². The lowest BCUT2D eigenvalue weighted by molar-refractivity contribution is 0.0992. The van der Waals surface area contributed by atoms with Crippen molar-refractivity contribution in [3.05, 3.63) is 89.1 Å². The molecular formula is C21H19N3O. The SMILES string of the molecule is Cc1ccc(NC2c3ccccc3C(=O)N2c2ccccn2)c(C)c1. The van der Waals surface area contributed by atoms with Crippen LogP contribution in [-0.4, -0.2) is 10.9 Å². The van der Waals surface area contributed by atoms with Gasteiger partial charge in [-0.25, -0.2) is 4.98 Å². The molecule has 1 atom stereocenters. The van der Waals surface area contributed by atoms with Gasteiger partial charge < -0.3 is 5.32 Å². The van der Waals surface area contributed by atoms with Crippen molar-refractivity contribution in [1.82, 2.24) is 4.98 Å². The molecule has 0 fully saturated rings. The van der Waals surface area contributed by atoms with E-state index in [9.17, 15) is 4.79 Å². The molecule has 4 rings (SSSR count). The zero-order chi connectivity index (χ0) is 17.4. The summed E-state index contributed by atoms with van der Waals surface area (Å²) in [5, 5.41) is 3.54. The van der Waals surface area contributed by atoms with Gasteiger partial charge in [-0.2, -0.15) is 0 Å². The van der Waals surface area contributed by atoms with Gasteiger partial charge in [-0.15, -0.1) is 0 Å². The minimum atomic E-state index is -0.278. The van der Waals surface area contributed by atoms with E-state index in [4.69, 9.17) is 0 Å². The Balaban J connectivity index is 1.80. The molecule has 0 radical (unpaired) electrons. The maximum absolute atomic E-state index is 13.0. The zero-order valence-electron chi connectivity index (χ0n) is 14.2. The standard InChI is InChI=1S/C21H19N3O/c1-14-10-11-18(15(2)13-14)23-20-16-7-3-4-8-17(16)21(25)24(20)19-9-5-6-12-22-19/h3-13,20,23H,1-2H3. The number of benzene rings is 2. The Morgan fingerprint density at radius 2 is 1.80 bits per heavy atom. The molecule has 2 aromatic carbocycles. The van der Waals surface area contributed by atoms with E-state index in [2.05, 4.69) is 42.3 Å². The van der Waals surface area contributed by atoms with Gasteiger partial charge in [0.2, 0.25) is 0 Å². The van der Waals surface area contributed by atoms with Crippen LogP contribution in [0.3, 0.4) is 0 Å². The van der Waals surface area contributed by atoms with Crippen LogP contribution in [0.4, 0.5) is 11.5 Å². The van der Waals surface area contributed by atoms with E-state index in [1.54, 1.807) is 11.1 Å². The second-order valence-corrected chi connectivity index (χ2v) is 6.32. The van der Waals surface area contributed by atoms with Gasteiger partial charge in [0.1, 0.15) is 12.0 Å². The highest BCUT2D eigenvalue weighted by atomic mass is 16.2. The number of carbonyl (C=O) groups excluding carboxylic acids is 1. The van der Waals surface area contributed by atoms with Crippen LogP contribution in [-0.2, 0) is 0 Å². The van der Waals surface area contributed by atoms with Crippen molar-refractivity contribution in [2.75, 3.05) is 10.2 Å². The Bertz CT molecular complexity index is 937. The molecule has 2 heterocycles. The van der Waals surface area contributed by atoms with Gasteiger partial charge in [0.05, 0.1) is 0 Å². The van der Waals surface area contributed by atoms with Crippen LogP contribution in [0.25, 0.3) is 0 Å². The summed E-state index contributed by atoms with van der Waals surface area (Å²) in [5.74, 6) is 0.613. The number of nitrogens with zero attached hydrogens (tertiary/aromatic N) is 2. The van der Waals surface area contributed by atoms with E-state index in [-0.39, 0.29) is 12.1 Å². The summed E-state index contributed by atoms with van der Waals surface area (Å²) >= 11 is 0. The maximum atomic E-state index is 13.0. The van der Waals surface area contributed by atoms with Crippen LogP contribution in [0.1, 0.15) is 33.2 Å². The third kappa shape index (κ3) is 2.66. The molecule has 0 saturated carbocycles. The number of amides is 1. The molecule has 0 bridgehead atoms.